The molecule has 0 radical (unpaired) electrons. The molecule has 1 unspecified atom stereocenters. The molecule has 3 aromatic rings. The summed E-state index contributed by atoms with van der Waals surface area (Å²) in [5.74, 6) is 1.77. The monoisotopic (exact) mass is 595 g/mol. The minimum Gasteiger partial charge on any atom is -0.379 e. The number of morpholine rings is 1. The Balaban J connectivity index is 1.20. The number of Topliss-reactive ketones (excluding diaryl/α,β-unsaturated/α-hetero) is 1. The van der Waals surface area contributed by atoms with Crippen LogP contribution in [0.3, 0.4) is 0 Å². The fourth-order valence-electron chi connectivity index (χ4n) is 5.91. The Morgan fingerprint density at radius 1 is 1.11 bits per heavy atom. The molecule has 5 rings (SSSR count). The molecule has 7 nitrogen and oxygen atoms in total. The minimum atomic E-state index is 0.0773. The normalized spacial score (nSPS) is 16.7. The molecule has 2 aliphatic rings. The van der Waals surface area contributed by atoms with Gasteiger partial charge in [-0.3, -0.25) is 14.8 Å². The van der Waals surface area contributed by atoms with E-state index in [0.717, 1.165) is 105 Å². The van der Waals surface area contributed by atoms with Crippen LogP contribution in [0, 0.1) is 5.92 Å². The lowest BCUT2D eigenvalue weighted by Gasteiger charge is -2.27. The Morgan fingerprint density at radius 3 is 2.75 bits per heavy atom. The average Bonchev–Trinajstić information content (AvgIpc) is 3.37. The lowest BCUT2D eigenvalue weighted by Crippen LogP contribution is -2.37. The van der Waals surface area contributed by atoms with E-state index >= 15 is 0 Å². The molecule has 2 N–H and O–H groups in total. The van der Waals surface area contributed by atoms with Gasteiger partial charge in [0.05, 0.1) is 18.7 Å². The molecule has 0 spiro atoms. The summed E-state index contributed by atoms with van der Waals surface area (Å²) in [5.41, 5.74) is 7.65. The first-order chi connectivity index (χ1) is 21.5. The van der Waals surface area contributed by atoms with E-state index < -0.39 is 0 Å². The first kappa shape index (κ1) is 31.9. The highest BCUT2D eigenvalue weighted by molar-refractivity contribution is 6.06. The number of ketones is 1. The maximum absolute atomic E-state index is 13.3. The van der Waals surface area contributed by atoms with Crippen LogP contribution in [-0.2, 0) is 11.2 Å². The van der Waals surface area contributed by atoms with Crippen molar-refractivity contribution in [2.24, 2.45) is 5.92 Å². The van der Waals surface area contributed by atoms with Crippen molar-refractivity contribution in [1.29, 1.82) is 0 Å². The second-order valence-corrected chi connectivity index (χ2v) is 12.4. The van der Waals surface area contributed by atoms with Gasteiger partial charge >= 0.3 is 0 Å². The number of aromatic nitrogens is 3. The topological polar surface area (TPSA) is 83.1 Å². The molecule has 1 aromatic carbocycles. The van der Waals surface area contributed by atoms with Gasteiger partial charge in [0.25, 0.3) is 0 Å². The molecular formula is C37H49N5O2. The number of nitrogens with zero attached hydrogens (tertiary/aromatic N) is 3. The standard InChI is InChI=1S/C37H49N5O2/c1-4-27(3)8-7-17-38-36-16-13-29(25-39-36)9-6-10-35(43)37-33-24-31(14-15-34(33)40-41-37)32-22-28(5-2)11-12-30(23-32)26-42-18-20-44-21-19-42/h12-16,22-25,27H,4-11,17-21,26H2,1-3H3,(H,38,39)(H,40,41). The third-order valence-electron chi connectivity index (χ3n) is 9.02. The lowest BCUT2D eigenvalue weighted by atomic mass is 9.98. The fraction of sp³-hybridized carbons (Fsp3) is 0.486. The van der Waals surface area contributed by atoms with E-state index in [9.17, 15) is 4.79 Å². The van der Waals surface area contributed by atoms with Crippen molar-refractivity contribution < 1.29 is 9.53 Å². The van der Waals surface area contributed by atoms with Gasteiger partial charge in [-0.15, -0.1) is 0 Å². The van der Waals surface area contributed by atoms with Crippen LogP contribution in [0.1, 0.15) is 87.3 Å². The van der Waals surface area contributed by atoms with Crippen LogP contribution in [0.2, 0.25) is 0 Å². The van der Waals surface area contributed by atoms with Gasteiger partial charge in [0.2, 0.25) is 0 Å². The number of hydrogen-bond acceptors (Lipinski definition) is 6. The van der Waals surface area contributed by atoms with Crippen LogP contribution in [0.25, 0.3) is 16.5 Å². The number of fused-ring (bicyclic) bond motifs is 1. The maximum atomic E-state index is 13.3. The second kappa shape index (κ2) is 16.0. The molecule has 0 bridgehead atoms. The number of aromatic amines is 1. The largest absolute Gasteiger partial charge is 0.379 e. The van der Waals surface area contributed by atoms with Crippen molar-refractivity contribution in [3.05, 3.63) is 82.7 Å². The molecule has 0 amide bonds. The predicted molar refractivity (Wildman–Crippen MR) is 181 cm³/mol. The number of carbonyl (C=O) groups is 1. The number of pyridine rings is 1. The number of H-pyrrole nitrogens is 1. The van der Waals surface area contributed by atoms with Gasteiger partial charge in [-0.05, 0) is 84.9 Å². The Hall–Kier alpha value is -3.55. The first-order valence-corrected chi connectivity index (χ1v) is 16.6. The van der Waals surface area contributed by atoms with Crippen LogP contribution < -0.4 is 5.32 Å². The highest BCUT2D eigenvalue weighted by Gasteiger charge is 2.17. The number of benzene rings is 1. The predicted octanol–water partition coefficient (Wildman–Crippen LogP) is 7.78. The van der Waals surface area contributed by atoms with Crippen molar-refractivity contribution >= 4 is 28.1 Å². The van der Waals surface area contributed by atoms with Gasteiger partial charge in [-0.25, -0.2) is 4.98 Å². The zero-order valence-electron chi connectivity index (χ0n) is 26.8. The molecule has 1 fully saturated rings. The summed E-state index contributed by atoms with van der Waals surface area (Å²) in [6, 6.07) is 10.5. The van der Waals surface area contributed by atoms with Crippen molar-refractivity contribution in [2.45, 2.75) is 72.1 Å². The summed E-state index contributed by atoms with van der Waals surface area (Å²) in [6.45, 7) is 12.2. The van der Waals surface area contributed by atoms with E-state index in [0.29, 0.717) is 12.1 Å². The first-order valence-electron chi connectivity index (χ1n) is 16.6. The average molecular weight is 596 g/mol. The number of anilines is 1. The number of hydrogen-bond donors (Lipinski definition) is 2. The van der Waals surface area contributed by atoms with Gasteiger partial charge in [-0.2, -0.15) is 5.10 Å². The van der Waals surface area contributed by atoms with Gasteiger partial charge in [-0.1, -0.05) is 63.1 Å². The van der Waals surface area contributed by atoms with E-state index in [1.807, 2.05) is 12.3 Å². The Bertz CT molecular complexity index is 1480. The number of carbonyl (C=O) groups excluding carboxylic acids is 1. The second-order valence-electron chi connectivity index (χ2n) is 12.4. The van der Waals surface area contributed by atoms with Crippen molar-refractivity contribution in [2.75, 3.05) is 44.7 Å². The number of nitrogens with one attached hydrogen (secondary N) is 2. The van der Waals surface area contributed by atoms with Crippen LogP contribution >= 0.6 is 0 Å². The highest BCUT2D eigenvalue weighted by Crippen LogP contribution is 2.29. The summed E-state index contributed by atoms with van der Waals surface area (Å²) in [6.07, 6.45) is 16.6. The Labute approximate surface area is 262 Å². The summed E-state index contributed by atoms with van der Waals surface area (Å²) in [4.78, 5) is 20.4. The number of rotatable bonds is 15. The molecule has 1 atom stereocenters. The number of aryl methyl sites for hydroxylation is 1. The Kier molecular flexibility index (Phi) is 11.6. The van der Waals surface area contributed by atoms with E-state index in [2.05, 4.69) is 88.7 Å². The van der Waals surface area contributed by atoms with Gasteiger partial charge < -0.3 is 10.1 Å². The fourth-order valence-corrected chi connectivity index (χ4v) is 5.91. The molecule has 1 aliphatic carbocycles. The third kappa shape index (κ3) is 8.76. The lowest BCUT2D eigenvalue weighted by molar-refractivity contribution is 0.0426. The van der Waals surface area contributed by atoms with Crippen LogP contribution in [-0.4, -0.2) is 65.3 Å². The van der Waals surface area contributed by atoms with Crippen LogP contribution in [0.5, 0.6) is 0 Å². The summed E-state index contributed by atoms with van der Waals surface area (Å²) < 4.78 is 5.55. The molecule has 3 heterocycles. The Morgan fingerprint density at radius 2 is 1.98 bits per heavy atom. The van der Waals surface area contributed by atoms with E-state index in [-0.39, 0.29) is 5.78 Å². The van der Waals surface area contributed by atoms with Gasteiger partial charge in [0.1, 0.15) is 11.5 Å². The van der Waals surface area contributed by atoms with E-state index in [1.54, 1.807) is 0 Å². The molecular weight excluding hydrogens is 546 g/mol. The van der Waals surface area contributed by atoms with Crippen LogP contribution in [0.4, 0.5) is 5.82 Å². The van der Waals surface area contributed by atoms with Crippen molar-refractivity contribution in [3.63, 3.8) is 0 Å². The zero-order valence-corrected chi connectivity index (χ0v) is 26.8. The van der Waals surface area contributed by atoms with Gasteiger partial charge in [0, 0.05) is 44.2 Å². The minimum absolute atomic E-state index is 0.0773. The molecule has 44 heavy (non-hydrogen) atoms. The van der Waals surface area contributed by atoms with Crippen molar-refractivity contribution in [1.82, 2.24) is 20.1 Å². The maximum Gasteiger partial charge on any atom is 0.183 e. The zero-order chi connectivity index (χ0) is 30.7. The molecule has 1 aliphatic heterocycles. The third-order valence-corrected chi connectivity index (χ3v) is 9.02. The van der Waals surface area contributed by atoms with Gasteiger partial charge in [0.15, 0.2) is 5.78 Å². The smallest absolute Gasteiger partial charge is 0.183 e. The molecule has 1 saturated heterocycles. The van der Waals surface area contributed by atoms with E-state index in [1.165, 1.54) is 29.6 Å². The summed E-state index contributed by atoms with van der Waals surface area (Å²) >= 11 is 0. The summed E-state index contributed by atoms with van der Waals surface area (Å²) in [5, 5.41) is 11.9. The molecule has 7 heteroatoms. The van der Waals surface area contributed by atoms with E-state index in [4.69, 9.17) is 4.74 Å². The van der Waals surface area contributed by atoms with Crippen molar-refractivity contribution in [3.8, 4) is 0 Å². The molecule has 2 aromatic heterocycles. The highest BCUT2D eigenvalue weighted by atomic mass is 16.5. The van der Waals surface area contributed by atoms with Crippen LogP contribution in [0.15, 0.2) is 65.9 Å². The summed E-state index contributed by atoms with van der Waals surface area (Å²) in [7, 11) is 0. The quantitative estimate of drug-likeness (QED) is 0.138. The SMILES string of the molecule is CCC1=CC(c2ccc3[nH]nc(C(=O)CCCc4ccc(NCCCC(C)CC)nc4)c3c2)=CC(CN2CCOCC2)=CC1. The molecule has 0 saturated carbocycles. The molecule has 234 valence electrons. The number of ether oxygens (including phenoxy) is 1. The number of allylic oxidation sites excluding steroid dienone is 4.